The van der Waals surface area contributed by atoms with Crippen LogP contribution >= 0.6 is 34.8 Å². The highest BCUT2D eigenvalue weighted by molar-refractivity contribution is 6.44. The predicted molar refractivity (Wildman–Crippen MR) is 65.5 cm³/mol. The highest BCUT2D eigenvalue weighted by atomic mass is 35.5. The molecule has 5 heteroatoms. The molecule has 15 heavy (non-hydrogen) atoms. The summed E-state index contributed by atoms with van der Waals surface area (Å²) in [7, 11) is 0. The SMILES string of the molecule is Clc1ccc(Cl)c(CC2=NCCN2)c1Cl. The van der Waals surface area contributed by atoms with Crippen LogP contribution in [0.3, 0.4) is 0 Å². The Kier molecular flexibility index (Phi) is 3.39. The third-order valence-electron chi connectivity index (χ3n) is 2.23. The van der Waals surface area contributed by atoms with Crippen molar-refractivity contribution in [3.05, 3.63) is 32.8 Å². The molecule has 0 saturated heterocycles. The third-order valence-corrected chi connectivity index (χ3v) is 3.42. The van der Waals surface area contributed by atoms with Crippen LogP contribution in [0.5, 0.6) is 0 Å². The van der Waals surface area contributed by atoms with Crippen molar-refractivity contribution < 1.29 is 0 Å². The van der Waals surface area contributed by atoms with E-state index in [2.05, 4.69) is 10.3 Å². The molecule has 0 bridgehead atoms. The van der Waals surface area contributed by atoms with Gasteiger partial charge in [0.05, 0.1) is 16.6 Å². The number of amidine groups is 1. The number of nitrogens with one attached hydrogen (secondary N) is 1. The van der Waals surface area contributed by atoms with Gasteiger partial charge in [-0.2, -0.15) is 0 Å². The van der Waals surface area contributed by atoms with Gasteiger partial charge in [-0.25, -0.2) is 0 Å². The molecule has 1 N–H and O–H groups in total. The maximum absolute atomic E-state index is 6.08. The second-order valence-corrected chi connectivity index (χ2v) is 4.45. The van der Waals surface area contributed by atoms with E-state index in [1.165, 1.54) is 0 Å². The summed E-state index contributed by atoms with van der Waals surface area (Å²) in [5.74, 6) is 0.918. The zero-order valence-corrected chi connectivity index (χ0v) is 10.1. The molecule has 80 valence electrons. The van der Waals surface area contributed by atoms with E-state index in [4.69, 9.17) is 34.8 Å². The summed E-state index contributed by atoms with van der Waals surface area (Å²) in [6, 6.07) is 3.44. The molecule has 0 atom stereocenters. The standard InChI is InChI=1S/C10H9Cl3N2/c11-7-1-2-8(12)10(13)6(7)5-9-14-3-4-15-9/h1-2H,3-5H2,(H,14,15). The fourth-order valence-electron chi connectivity index (χ4n) is 1.46. The summed E-state index contributed by atoms with van der Waals surface area (Å²) < 4.78 is 0. The van der Waals surface area contributed by atoms with Crippen molar-refractivity contribution >= 4 is 40.6 Å². The summed E-state index contributed by atoms with van der Waals surface area (Å²) in [6.07, 6.45) is 0.609. The van der Waals surface area contributed by atoms with Crippen LogP contribution in [0.2, 0.25) is 15.1 Å². The van der Waals surface area contributed by atoms with Crippen LogP contribution in [-0.4, -0.2) is 18.9 Å². The molecule has 0 unspecified atom stereocenters. The molecule has 1 aliphatic rings. The molecule has 2 rings (SSSR count). The van der Waals surface area contributed by atoms with Crippen LogP contribution in [0.1, 0.15) is 5.56 Å². The summed E-state index contributed by atoms with van der Waals surface area (Å²) in [6.45, 7) is 1.69. The lowest BCUT2D eigenvalue weighted by Gasteiger charge is -2.08. The van der Waals surface area contributed by atoms with Crippen molar-refractivity contribution in [3.8, 4) is 0 Å². The van der Waals surface area contributed by atoms with Gasteiger partial charge in [0, 0.05) is 18.0 Å². The van der Waals surface area contributed by atoms with Crippen molar-refractivity contribution in [2.24, 2.45) is 4.99 Å². The van der Waals surface area contributed by atoms with E-state index in [0.29, 0.717) is 21.5 Å². The molecule has 0 aromatic heterocycles. The fourth-order valence-corrected chi connectivity index (χ4v) is 2.15. The van der Waals surface area contributed by atoms with E-state index in [1.807, 2.05) is 0 Å². The Balaban J connectivity index is 2.30. The maximum atomic E-state index is 6.08. The number of hydrogen-bond acceptors (Lipinski definition) is 2. The second-order valence-electron chi connectivity index (χ2n) is 3.25. The molecule has 1 aromatic carbocycles. The van der Waals surface area contributed by atoms with Gasteiger partial charge >= 0.3 is 0 Å². The van der Waals surface area contributed by atoms with Gasteiger partial charge in [0.25, 0.3) is 0 Å². The molecule has 1 aromatic rings. The van der Waals surface area contributed by atoms with E-state index in [1.54, 1.807) is 12.1 Å². The van der Waals surface area contributed by atoms with Gasteiger partial charge in [-0.05, 0) is 17.7 Å². The lowest BCUT2D eigenvalue weighted by Crippen LogP contribution is -2.20. The van der Waals surface area contributed by atoms with Crippen LogP contribution in [0.4, 0.5) is 0 Å². The number of halogens is 3. The monoisotopic (exact) mass is 262 g/mol. The smallest absolute Gasteiger partial charge is 0.101 e. The van der Waals surface area contributed by atoms with Crippen molar-refractivity contribution in [2.45, 2.75) is 6.42 Å². The third kappa shape index (κ3) is 2.39. The molecule has 0 fully saturated rings. The molecule has 0 saturated carbocycles. The number of nitrogens with zero attached hydrogens (tertiary/aromatic N) is 1. The van der Waals surface area contributed by atoms with Crippen LogP contribution in [0, 0.1) is 0 Å². The maximum Gasteiger partial charge on any atom is 0.101 e. The van der Waals surface area contributed by atoms with Gasteiger partial charge in [-0.15, -0.1) is 0 Å². The lowest BCUT2D eigenvalue weighted by molar-refractivity contribution is 0.953. The Morgan fingerprint density at radius 3 is 2.60 bits per heavy atom. The molecule has 2 nitrogen and oxygen atoms in total. The van der Waals surface area contributed by atoms with E-state index >= 15 is 0 Å². The van der Waals surface area contributed by atoms with Gasteiger partial charge in [0.1, 0.15) is 5.84 Å². The van der Waals surface area contributed by atoms with Crippen molar-refractivity contribution in [2.75, 3.05) is 13.1 Å². The Hall–Kier alpha value is -0.440. The van der Waals surface area contributed by atoms with Crippen molar-refractivity contribution in [1.29, 1.82) is 0 Å². The average molecular weight is 264 g/mol. The Morgan fingerprint density at radius 1 is 1.20 bits per heavy atom. The minimum absolute atomic E-state index is 0.514. The zero-order valence-electron chi connectivity index (χ0n) is 7.86. The molecule has 0 spiro atoms. The van der Waals surface area contributed by atoms with E-state index in [9.17, 15) is 0 Å². The van der Waals surface area contributed by atoms with Gasteiger partial charge < -0.3 is 5.32 Å². The Morgan fingerprint density at radius 2 is 1.93 bits per heavy atom. The second kappa shape index (κ2) is 4.60. The first kappa shape index (κ1) is 11.1. The van der Waals surface area contributed by atoms with Crippen LogP contribution in [0.15, 0.2) is 17.1 Å². The molecule has 0 aliphatic carbocycles. The minimum atomic E-state index is 0.514. The molecule has 0 radical (unpaired) electrons. The molecule has 1 aliphatic heterocycles. The van der Waals surface area contributed by atoms with Gasteiger partial charge in [-0.1, -0.05) is 34.8 Å². The molecular formula is C10H9Cl3N2. The predicted octanol–water partition coefficient (Wildman–Crippen LogP) is 3.19. The quantitative estimate of drug-likeness (QED) is 0.814. The van der Waals surface area contributed by atoms with Gasteiger partial charge in [-0.3, -0.25) is 4.99 Å². The van der Waals surface area contributed by atoms with Crippen molar-refractivity contribution in [1.82, 2.24) is 5.32 Å². The van der Waals surface area contributed by atoms with E-state index in [-0.39, 0.29) is 0 Å². The number of aliphatic imine (C=N–C) groups is 1. The first-order valence-corrected chi connectivity index (χ1v) is 5.71. The van der Waals surface area contributed by atoms with E-state index < -0.39 is 0 Å². The summed E-state index contributed by atoms with van der Waals surface area (Å²) in [5.41, 5.74) is 0.832. The molecule has 0 amide bonds. The zero-order chi connectivity index (χ0) is 10.8. The first-order valence-electron chi connectivity index (χ1n) is 4.58. The lowest BCUT2D eigenvalue weighted by atomic mass is 10.1. The summed E-state index contributed by atoms with van der Waals surface area (Å²) in [4.78, 5) is 4.29. The topological polar surface area (TPSA) is 24.4 Å². The van der Waals surface area contributed by atoms with Crippen molar-refractivity contribution in [3.63, 3.8) is 0 Å². The summed E-state index contributed by atoms with van der Waals surface area (Å²) >= 11 is 18.1. The first-order chi connectivity index (χ1) is 7.18. The van der Waals surface area contributed by atoms with Gasteiger partial charge in [0.2, 0.25) is 0 Å². The Bertz CT molecular complexity index is 415. The van der Waals surface area contributed by atoms with Crippen LogP contribution < -0.4 is 5.32 Å². The number of hydrogen-bond donors (Lipinski definition) is 1. The minimum Gasteiger partial charge on any atom is -0.372 e. The normalized spacial score (nSPS) is 15.0. The highest BCUT2D eigenvalue weighted by Gasteiger charge is 2.13. The number of rotatable bonds is 2. The number of benzene rings is 1. The van der Waals surface area contributed by atoms with Crippen LogP contribution in [-0.2, 0) is 6.42 Å². The van der Waals surface area contributed by atoms with E-state index in [0.717, 1.165) is 24.5 Å². The average Bonchev–Trinajstić information content (AvgIpc) is 2.71. The molecule has 1 heterocycles. The largest absolute Gasteiger partial charge is 0.372 e. The van der Waals surface area contributed by atoms with Gasteiger partial charge in [0.15, 0.2) is 0 Å². The summed E-state index contributed by atoms with van der Waals surface area (Å²) in [5, 5.41) is 4.83. The Labute approximate surface area is 103 Å². The molecular weight excluding hydrogens is 254 g/mol. The highest BCUT2D eigenvalue weighted by Crippen LogP contribution is 2.31. The fraction of sp³-hybridized carbons (Fsp3) is 0.300. The van der Waals surface area contributed by atoms with Crippen LogP contribution in [0.25, 0.3) is 0 Å².